The molecule has 1 unspecified atom stereocenters. The Morgan fingerprint density at radius 3 is 1.09 bits per heavy atom. The first kappa shape index (κ1) is 46.3. The Balaban J connectivity index is 0.925. The molecule has 0 saturated heterocycles. The molecule has 17 rings (SSSR count). The molecule has 15 aromatic rings. The minimum Gasteiger partial charge on any atom is -0.309 e. The van der Waals surface area contributed by atoms with E-state index in [1.54, 1.807) is 0 Å². The van der Waals surface area contributed by atoms with Crippen molar-refractivity contribution in [1.29, 1.82) is 0 Å². The highest BCUT2D eigenvalue weighted by molar-refractivity contribution is 6.21. The fraction of sp³-hybridized carbons (Fsp3) is 0.149. The maximum absolute atomic E-state index is 5.83. The Kier molecular flexibility index (Phi) is 10.1. The zero-order chi connectivity index (χ0) is 53.5. The lowest BCUT2D eigenvalue weighted by Crippen LogP contribution is -2.43. The van der Waals surface area contributed by atoms with Gasteiger partial charge in [0.2, 0.25) is 0 Å². The molecule has 10 aromatic carbocycles. The van der Waals surface area contributed by atoms with Gasteiger partial charge in [-0.15, -0.1) is 0 Å². The van der Waals surface area contributed by atoms with Crippen molar-refractivity contribution in [3.8, 4) is 45.5 Å². The second-order valence-corrected chi connectivity index (χ2v) is 23.6. The average molecular weight is 1040 g/mol. The van der Waals surface area contributed by atoms with Gasteiger partial charge in [0.15, 0.2) is 11.6 Å². The van der Waals surface area contributed by atoms with Crippen LogP contribution in [0.1, 0.15) is 51.8 Å². The summed E-state index contributed by atoms with van der Waals surface area (Å²) in [4.78, 5) is 17.4. The van der Waals surface area contributed by atoms with Crippen LogP contribution in [0.2, 0.25) is 0 Å². The second-order valence-electron chi connectivity index (χ2n) is 23.6. The van der Waals surface area contributed by atoms with Gasteiger partial charge in [-0.05, 0) is 147 Å². The molecule has 2 aliphatic carbocycles. The second kappa shape index (κ2) is 17.7. The van der Waals surface area contributed by atoms with Gasteiger partial charge >= 0.3 is 0 Å². The normalized spacial score (nSPS) is 18.4. The van der Waals surface area contributed by atoms with E-state index in [4.69, 9.17) is 15.0 Å². The fourth-order valence-corrected chi connectivity index (χ4v) is 15.6. The summed E-state index contributed by atoms with van der Waals surface area (Å²) in [6.07, 6.45) is 5.76. The van der Waals surface area contributed by atoms with Crippen LogP contribution < -0.4 is 0 Å². The van der Waals surface area contributed by atoms with Crippen LogP contribution in [0.3, 0.4) is 0 Å². The summed E-state index contributed by atoms with van der Waals surface area (Å²) in [6, 6.07) is 84.3. The number of nitrogens with zero attached hydrogens (tertiary/aromatic N) is 7. The predicted octanol–water partition coefficient (Wildman–Crippen LogP) is 18.7. The molecule has 0 amide bonds. The van der Waals surface area contributed by atoms with Crippen LogP contribution in [0.4, 0.5) is 0 Å². The molecule has 2 saturated carbocycles. The lowest BCUT2D eigenvalue weighted by Gasteiger charge is -2.49. The molecule has 81 heavy (non-hydrogen) atoms. The van der Waals surface area contributed by atoms with Crippen LogP contribution in [-0.4, -0.2) is 33.2 Å². The Hall–Kier alpha value is -9.59. The van der Waals surface area contributed by atoms with Crippen molar-refractivity contribution >= 4 is 87.2 Å². The molecule has 5 aromatic heterocycles. The first-order chi connectivity index (χ1) is 39.9. The van der Waals surface area contributed by atoms with Crippen LogP contribution in [0.25, 0.3) is 133 Å². The van der Waals surface area contributed by atoms with Crippen molar-refractivity contribution in [3.05, 3.63) is 236 Å². The van der Waals surface area contributed by atoms with Gasteiger partial charge < -0.3 is 18.3 Å². The summed E-state index contributed by atoms with van der Waals surface area (Å²) >= 11 is 0. The van der Waals surface area contributed by atoms with Crippen LogP contribution >= 0.6 is 0 Å². The van der Waals surface area contributed by atoms with Gasteiger partial charge in [0.25, 0.3) is 0 Å². The van der Waals surface area contributed by atoms with Crippen LogP contribution in [0, 0.1) is 17.8 Å². The molecular formula is C74H57N7. The smallest absolute Gasteiger partial charge is 0.165 e. The van der Waals surface area contributed by atoms with Crippen LogP contribution in [0.5, 0.6) is 0 Å². The third-order valence-electron chi connectivity index (χ3n) is 18.5. The number of rotatable bonds is 7. The molecule has 0 radical (unpaired) electrons. The zero-order valence-corrected chi connectivity index (χ0v) is 45.3. The van der Waals surface area contributed by atoms with E-state index in [0.717, 1.165) is 92.1 Å². The average Bonchev–Trinajstić information content (AvgIpc) is 4.42. The lowest BCUT2D eigenvalue weighted by atomic mass is 9.56. The van der Waals surface area contributed by atoms with E-state index in [0.29, 0.717) is 29.4 Å². The maximum atomic E-state index is 5.83. The molecule has 2 aliphatic rings. The Labute approximate surface area is 469 Å². The summed E-state index contributed by atoms with van der Waals surface area (Å²) in [6.45, 7) is 4.91. The van der Waals surface area contributed by atoms with E-state index in [9.17, 15) is 0 Å². The SMILES string of the molecule is C[C@@H]1C[C@H]2C[C@H](C)CC(c3nc(-c4ccccc4-n4c5ccccc5c5cc6c7ccccc7n(-c7ccccc7)c6cc54)nc(-c4ccccc4-n4c5ccccc5c5cc6c7ccccc7n(-c7ccccc7)c6cc54)n3)(C1)C2. The quantitative estimate of drug-likeness (QED) is 0.160. The molecule has 2 fully saturated rings. The maximum Gasteiger partial charge on any atom is 0.165 e. The van der Waals surface area contributed by atoms with Crippen molar-refractivity contribution in [2.75, 3.05) is 0 Å². The molecule has 388 valence electrons. The van der Waals surface area contributed by atoms with Gasteiger partial charge in [-0.25, -0.2) is 15.0 Å². The van der Waals surface area contributed by atoms with E-state index in [-0.39, 0.29) is 5.41 Å². The molecule has 0 spiro atoms. The van der Waals surface area contributed by atoms with Crippen LogP contribution in [-0.2, 0) is 5.41 Å². The number of hydrogen-bond donors (Lipinski definition) is 0. The number of hydrogen-bond acceptors (Lipinski definition) is 3. The number of benzene rings is 10. The van der Waals surface area contributed by atoms with Gasteiger partial charge in [0.05, 0.1) is 55.5 Å². The summed E-state index contributed by atoms with van der Waals surface area (Å²) in [7, 11) is 0. The summed E-state index contributed by atoms with van der Waals surface area (Å²) in [5.41, 5.74) is 15.3. The van der Waals surface area contributed by atoms with E-state index < -0.39 is 0 Å². The predicted molar refractivity (Wildman–Crippen MR) is 335 cm³/mol. The van der Waals surface area contributed by atoms with Gasteiger partial charge in [0.1, 0.15) is 5.82 Å². The third-order valence-corrected chi connectivity index (χ3v) is 18.5. The standard InChI is InChI=1S/C74H57N7/c1-46-37-48-38-47(2)44-74(43-46,45-48)73-76-71(55-29-13-19-35-65(55)80-63-33-17-11-27-53(63)59-39-57-51-25-9-15-31-61(51)78(67(57)41-69(59)80)49-21-5-3-6-22-49)75-72(77-73)56-30-14-20-36-66(56)81-64-34-18-12-28-54(64)60-40-58-52-26-10-16-32-62(52)79(68(58)42-70(60)81)50-23-7-4-8-24-50/h3-36,39-42,46-48H,37-38,43-45H2,1-2H3/t46-,47+,48+,74?. The number of aromatic nitrogens is 7. The summed E-state index contributed by atoms with van der Waals surface area (Å²) in [5.74, 6) is 4.11. The van der Waals surface area contributed by atoms with Crippen molar-refractivity contribution < 1.29 is 0 Å². The molecule has 2 bridgehead atoms. The highest BCUT2D eigenvalue weighted by Crippen LogP contribution is 2.54. The van der Waals surface area contributed by atoms with Gasteiger partial charge in [0, 0.05) is 71.0 Å². The number of fused-ring (bicyclic) bond motifs is 14. The summed E-state index contributed by atoms with van der Waals surface area (Å²) < 4.78 is 9.78. The highest BCUT2D eigenvalue weighted by atomic mass is 15.1. The van der Waals surface area contributed by atoms with E-state index >= 15 is 0 Å². The molecule has 7 nitrogen and oxygen atoms in total. The molecule has 5 heterocycles. The molecule has 0 N–H and O–H groups in total. The Morgan fingerprint density at radius 1 is 0.321 bits per heavy atom. The van der Waals surface area contributed by atoms with Crippen molar-refractivity contribution in [1.82, 2.24) is 33.2 Å². The third kappa shape index (κ3) is 6.97. The van der Waals surface area contributed by atoms with E-state index in [1.165, 1.54) is 67.0 Å². The van der Waals surface area contributed by atoms with Gasteiger partial charge in [-0.2, -0.15) is 0 Å². The lowest BCUT2D eigenvalue weighted by molar-refractivity contribution is 0.0720. The van der Waals surface area contributed by atoms with Crippen LogP contribution in [0.15, 0.2) is 231 Å². The molecular weight excluding hydrogens is 987 g/mol. The summed E-state index contributed by atoms with van der Waals surface area (Å²) in [5, 5.41) is 9.77. The molecule has 7 heteroatoms. The molecule has 0 aliphatic heterocycles. The monoisotopic (exact) mass is 1040 g/mol. The largest absolute Gasteiger partial charge is 0.309 e. The first-order valence-corrected chi connectivity index (χ1v) is 28.9. The fourth-order valence-electron chi connectivity index (χ4n) is 15.6. The van der Waals surface area contributed by atoms with Gasteiger partial charge in [-0.3, -0.25) is 0 Å². The Bertz CT molecular complexity index is 4720. The molecule has 4 atom stereocenters. The minimum absolute atomic E-state index is 0.178. The minimum atomic E-state index is -0.178. The highest BCUT2D eigenvalue weighted by Gasteiger charge is 2.48. The zero-order valence-electron chi connectivity index (χ0n) is 45.3. The van der Waals surface area contributed by atoms with Gasteiger partial charge in [-0.1, -0.05) is 147 Å². The first-order valence-electron chi connectivity index (χ1n) is 28.9. The van der Waals surface area contributed by atoms with Crippen molar-refractivity contribution in [2.24, 2.45) is 17.8 Å². The number of para-hydroxylation sites is 8. The van der Waals surface area contributed by atoms with Crippen molar-refractivity contribution in [2.45, 2.75) is 51.4 Å². The van der Waals surface area contributed by atoms with E-state index in [1.807, 2.05) is 0 Å². The topological polar surface area (TPSA) is 58.4 Å². The van der Waals surface area contributed by atoms with E-state index in [2.05, 4.69) is 263 Å². The Morgan fingerprint density at radius 2 is 0.667 bits per heavy atom. The van der Waals surface area contributed by atoms with Crippen molar-refractivity contribution in [3.63, 3.8) is 0 Å².